The van der Waals surface area contributed by atoms with Gasteiger partial charge in [-0.3, -0.25) is 0 Å². The van der Waals surface area contributed by atoms with Crippen molar-refractivity contribution in [1.29, 1.82) is 0 Å². The zero-order chi connectivity index (χ0) is 17.6. The summed E-state index contributed by atoms with van der Waals surface area (Å²) >= 11 is 0. The van der Waals surface area contributed by atoms with E-state index in [1.165, 1.54) is 0 Å². The fourth-order valence-electron chi connectivity index (χ4n) is 2.77. The van der Waals surface area contributed by atoms with E-state index in [0.29, 0.717) is 48.9 Å². The molecule has 1 aromatic carbocycles. The number of nitrogens with zero attached hydrogens (tertiary/aromatic N) is 2. The molecular weight excluding hydrogens is 324 g/mol. The van der Waals surface area contributed by atoms with Crippen LogP contribution in [0.5, 0.6) is 17.2 Å². The van der Waals surface area contributed by atoms with Crippen molar-refractivity contribution in [3.8, 4) is 28.7 Å². The Labute approximate surface area is 147 Å². The van der Waals surface area contributed by atoms with Crippen molar-refractivity contribution in [2.45, 2.75) is 39.7 Å². The molecule has 1 atom stereocenters. The van der Waals surface area contributed by atoms with Crippen LogP contribution in [0.1, 0.15) is 45.6 Å². The summed E-state index contributed by atoms with van der Waals surface area (Å²) in [5.41, 5.74) is 0.729. The second kappa shape index (κ2) is 8.20. The average molecular weight is 348 g/mol. The van der Waals surface area contributed by atoms with Gasteiger partial charge in [-0.05, 0) is 45.7 Å². The van der Waals surface area contributed by atoms with Crippen LogP contribution in [0, 0.1) is 0 Å². The van der Waals surface area contributed by atoms with Gasteiger partial charge >= 0.3 is 0 Å². The number of hydrogen-bond donors (Lipinski definition) is 0. The summed E-state index contributed by atoms with van der Waals surface area (Å²) < 4.78 is 28.6. The summed E-state index contributed by atoms with van der Waals surface area (Å²) in [6, 6.07) is 3.67. The molecule has 7 heteroatoms. The number of rotatable bonds is 8. The van der Waals surface area contributed by atoms with Gasteiger partial charge in [0.1, 0.15) is 6.10 Å². The van der Waals surface area contributed by atoms with Crippen LogP contribution >= 0.6 is 0 Å². The van der Waals surface area contributed by atoms with E-state index >= 15 is 0 Å². The third kappa shape index (κ3) is 3.87. The Kier molecular flexibility index (Phi) is 5.75. The Morgan fingerprint density at radius 2 is 1.68 bits per heavy atom. The Morgan fingerprint density at radius 3 is 2.24 bits per heavy atom. The molecule has 25 heavy (non-hydrogen) atoms. The summed E-state index contributed by atoms with van der Waals surface area (Å²) in [7, 11) is 0. The second-order valence-electron chi connectivity index (χ2n) is 5.55. The third-order valence-corrected chi connectivity index (χ3v) is 3.80. The number of ether oxygens (including phenoxy) is 4. The van der Waals surface area contributed by atoms with Gasteiger partial charge < -0.3 is 23.4 Å². The maximum absolute atomic E-state index is 5.82. The molecule has 0 bridgehead atoms. The molecule has 7 nitrogen and oxygen atoms in total. The molecule has 1 fully saturated rings. The van der Waals surface area contributed by atoms with Crippen molar-refractivity contribution in [2.24, 2.45) is 0 Å². The van der Waals surface area contributed by atoms with Crippen LogP contribution in [0.3, 0.4) is 0 Å². The van der Waals surface area contributed by atoms with Gasteiger partial charge in [0.05, 0.1) is 19.8 Å². The van der Waals surface area contributed by atoms with Gasteiger partial charge in [0, 0.05) is 12.2 Å². The van der Waals surface area contributed by atoms with Crippen molar-refractivity contribution in [3.63, 3.8) is 0 Å². The fraction of sp³-hybridized carbons (Fsp3) is 0.556. The van der Waals surface area contributed by atoms with Gasteiger partial charge in [0.25, 0.3) is 0 Å². The Hall–Kier alpha value is -2.28. The molecule has 1 saturated heterocycles. The lowest BCUT2D eigenvalue weighted by atomic mass is 10.1. The van der Waals surface area contributed by atoms with Crippen LogP contribution in [0.15, 0.2) is 16.5 Å². The van der Waals surface area contributed by atoms with E-state index in [1.54, 1.807) is 0 Å². The predicted molar refractivity (Wildman–Crippen MR) is 91.2 cm³/mol. The van der Waals surface area contributed by atoms with E-state index in [-0.39, 0.29) is 6.10 Å². The zero-order valence-electron chi connectivity index (χ0n) is 14.9. The molecule has 3 rings (SSSR count). The largest absolute Gasteiger partial charge is 0.490 e. The highest BCUT2D eigenvalue weighted by Gasteiger charge is 2.25. The average Bonchev–Trinajstić information content (AvgIpc) is 3.29. The first-order chi connectivity index (χ1) is 12.3. The molecule has 0 aliphatic carbocycles. The van der Waals surface area contributed by atoms with Crippen molar-refractivity contribution >= 4 is 0 Å². The highest BCUT2D eigenvalue weighted by molar-refractivity contribution is 5.65. The first kappa shape index (κ1) is 17.5. The first-order valence-electron chi connectivity index (χ1n) is 8.78. The van der Waals surface area contributed by atoms with Gasteiger partial charge in [-0.25, -0.2) is 0 Å². The van der Waals surface area contributed by atoms with Crippen LogP contribution in [0.4, 0.5) is 0 Å². The van der Waals surface area contributed by atoms with Crippen molar-refractivity contribution in [2.75, 3.05) is 26.4 Å². The minimum absolute atomic E-state index is 0.110. The Bertz CT molecular complexity index is 668. The molecule has 2 heterocycles. The standard InChI is InChI=1S/C18H24N2O5/c1-4-21-14-10-12(11-15(22-5-2)16(14)23-6-3)17-19-20-18(25-17)13-8-7-9-24-13/h10-11,13H,4-9H2,1-3H3. The summed E-state index contributed by atoms with van der Waals surface area (Å²) in [4.78, 5) is 0. The molecular formula is C18H24N2O5. The van der Waals surface area contributed by atoms with E-state index in [9.17, 15) is 0 Å². The van der Waals surface area contributed by atoms with Gasteiger partial charge in [0.2, 0.25) is 17.5 Å². The molecule has 1 aromatic heterocycles. The highest BCUT2D eigenvalue weighted by atomic mass is 16.5. The molecule has 0 amide bonds. The van der Waals surface area contributed by atoms with E-state index in [0.717, 1.165) is 25.0 Å². The molecule has 0 saturated carbocycles. The fourth-order valence-corrected chi connectivity index (χ4v) is 2.77. The Morgan fingerprint density at radius 1 is 1.00 bits per heavy atom. The van der Waals surface area contributed by atoms with Gasteiger partial charge in [-0.2, -0.15) is 0 Å². The molecule has 1 unspecified atom stereocenters. The third-order valence-electron chi connectivity index (χ3n) is 3.80. The second-order valence-corrected chi connectivity index (χ2v) is 5.55. The SMILES string of the molecule is CCOc1cc(-c2nnc(C3CCCO3)o2)cc(OCC)c1OCC. The first-order valence-corrected chi connectivity index (χ1v) is 8.78. The van der Waals surface area contributed by atoms with Gasteiger partial charge in [-0.1, -0.05) is 0 Å². The van der Waals surface area contributed by atoms with Gasteiger partial charge in [0.15, 0.2) is 11.5 Å². The zero-order valence-corrected chi connectivity index (χ0v) is 14.9. The van der Waals surface area contributed by atoms with E-state index in [2.05, 4.69) is 10.2 Å². The van der Waals surface area contributed by atoms with E-state index in [4.69, 9.17) is 23.4 Å². The molecule has 1 aliphatic rings. The molecule has 1 aliphatic heterocycles. The van der Waals surface area contributed by atoms with Crippen LogP contribution in [-0.2, 0) is 4.74 Å². The van der Waals surface area contributed by atoms with Crippen molar-refractivity contribution in [1.82, 2.24) is 10.2 Å². The maximum Gasteiger partial charge on any atom is 0.248 e. The van der Waals surface area contributed by atoms with Crippen molar-refractivity contribution < 1.29 is 23.4 Å². The number of hydrogen-bond acceptors (Lipinski definition) is 7. The smallest absolute Gasteiger partial charge is 0.248 e. The minimum Gasteiger partial charge on any atom is -0.490 e. The molecule has 0 N–H and O–H groups in total. The molecule has 136 valence electrons. The normalized spacial score (nSPS) is 16.8. The lowest BCUT2D eigenvalue weighted by Crippen LogP contribution is -2.03. The van der Waals surface area contributed by atoms with Crippen LogP contribution in [0.2, 0.25) is 0 Å². The Balaban J connectivity index is 1.97. The molecule has 0 spiro atoms. The topological polar surface area (TPSA) is 75.8 Å². The highest BCUT2D eigenvalue weighted by Crippen LogP contribution is 2.42. The monoisotopic (exact) mass is 348 g/mol. The van der Waals surface area contributed by atoms with E-state index in [1.807, 2.05) is 32.9 Å². The molecule has 0 radical (unpaired) electrons. The summed E-state index contributed by atoms with van der Waals surface area (Å²) in [6.45, 7) is 8.04. The van der Waals surface area contributed by atoms with E-state index < -0.39 is 0 Å². The summed E-state index contributed by atoms with van der Waals surface area (Å²) in [6.07, 6.45) is 1.80. The van der Waals surface area contributed by atoms with Gasteiger partial charge in [-0.15, -0.1) is 10.2 Å². The lowest BCUT2D eigenvalue weighted by Gasteiger charge is -2.16. The summed E-state index contributed by atoms with van der Waals surface area (Å²) in [5.74, 6) is 2.71. The molecule has 2 aromatic rings. The van der Waals surface area contributed by atoms with Crippen molar-refractivity contribution in [3.05, 3.63) is 18.0 Å². The number of aromatic nitrogens is 2. The quantitative estimate of drug-likeness (QED) is 0.718. The predicted octanol–water partition coefficient (Wildman–Crippen LogP) is 3.78. The van der Waals surface area contributed by atoms with Crippen LogP contribution in [-0.4, -0.2) is 36.6 Å². The van der Waals surface area contributed by atoms with Crippen LogP contribution in [0.25, 0.3) is 11.5 Å². The minimum atomic E-state index is -0.110. The lowest BCUT2D eigenvalue weighted by molar-refractivity contribution is 0.0896. The van der Waals surface area contributed by atoms with Crippen LogP contribution < -0.4 is 14.2 Å². The maximum atomic E-state index is 5.82. The summed E-state index contributed by atoms with van der Waals surface area (Å²) in [5, 5.41) is 8.29. The number of benzene rings is 1.